The average Bonchev–Trinajstić information content (AvgIpc) is 2.70. The predicted molar refractivity (Wildman–Crippen MR) is 106 cm³/mol. The highest BCUT2D eigenvalue weighted by Crippen LogP contribution is 2.41. The van der Waals surface area contributed by atoms with Gasteiger partial charge in [0.1, 0.15) is 11.3 Å². The molecular weight excluding hydrogens is 340 g/mol. The number of nitrogens with two attached hydrogens (primary N) is 1. The molecule has 0 radical (unpaired) electrons. The molecular formula is C22H18N2O3. The van der Waals surface area contributed by atoms with Gasteiger partial charge in [-0.2, -0.15) is 0 Å². The predicted octanol–water partition coefficient (Wildman–Crippen LogP) is 4.10. The quantitative estimate of drug-likeness (QED) is 0.332. The van der Waals surface area contributed by atoms with E-state index in [1.165, 1.54) is 7.11 Å². The van der Waals surface area contributed by atoms with E-state index in [9.17, 15) is 4.79 Å². The lowest BCUT2D eigenvalue weighted by molar-refractivity contribution is 0.0601. The molecule has 2 aromatic rings. The number of nitrogens with zero attached hydrogens (tertiary/aromatic N) is 1. The van der Waals surface area contributed by atoms with Crippen molar-refractivity contribution in [3.05, 3.63) is 71.6 Å². The van der Waals surface area contributed by atoms with E-state index in [-0.39, 0.29) is 5.97 Å². The molecule has 134 valence electrons. The zero-order valence-electron chi connectivity index (χ0n) is 15.0. The van der Waals surface area contributed by atoms with E-state index in [2.05, 4.69) is 4.99 Å². The Morgan fingerprint density at radius 2 is 1.85 bits per heavy atom. The highest BCUT2D eigenvalue weighted by Gasteiger charge is 2.21. The summed E-state index contributed by atoms with van der Waals surface area (Å²) in [5.74, 6) is 0.286. The first kappa shape index (κ1) is 16.8. The van der Waals surface area contributed by atoms with Crippen LogP contribution in [0.5, 0.6) is 0 Å². The molecule has 1 heterocycles. The van der Waals surface area contributed by atoms with Gasteiger partial charge in [0, 0.05) is 41.4 Å². The van der Waals surface area contributed by atoms with Gasteiger partial charge in [-0.05, 0) is 35.9 Å². The fourth-order valence-electron chi connectivity index (χ4n) is 3.31. The molecule has 5 heteroatoms. The number of benzene rings is 3. The lowest BCUT2D eigenvalue weighted by Crippen LogP contribution is -2.06. The lowest BCUT2D eigenvalue weighted by atomic mass is 9.90. The van der Waals surface area contributed by atoms with Gasteiger partial charge in [-0.25, -0.2) is 4.79 Å². The molecule has 4 rings (SSSR count). The topological polar surface area (TPSA) is 77.8 Å². The Bertz CT molecular complexity index is 1210. The molecule has 0 fully saturated rings. The number of nitrogen functional groups attached to an aromatic ring is 1. The fourth-order valence-corrected chi connectivity index (χ4v) is 3.31. The maximum atomic E-state index is 12.4. The van der Waals surface area contributed by atoms with Crippen molar-refractivity contribution in [3.63, 3.8) is 0 Å². The first-order chi connectivity index (χ1) is 13.1. The summed E-state index contributed by atoms with van der Waals surface area (Å²) < 4.78 is 11.1. The van der Waals surface area contributed by atoms with E-state index >= 15 is 0 Å². The maximum Gasteiger partial charge on any atom is 0.338 e. The summed E-state index contributed by atoms with van der Waals surface area (Å²) in [6.45, 7) is 0. The molecule has 2 aliphatic rings. The Hall–Kier alpha value is -3.60. The second kappa shape index (κ2) is 6.61. The lowest BCUT2D eigenvalue weighted by Gasteiger charge is -2.17. The molecule has 0 bridgehead atoms. The number of fused-ring (bicyclic) bond motifs is 2. The monoisotopic (exact) mass is 358 g/mol. The summed E-state index contributed by atoms with van der Waals surface area (Å²) in [5, 5.41) is 1.68. The number of hydrogen-bond acceptors (Lipinski definition) is 5. The minimum atomic E-state index is -0.386. The van der Waals surface area contributed by atoms with Gasteiger partial charge in [-0.3, -0.25) is 4.99 Å². The third-order valence-corrected chi connectivity index (χ3v) is 4.59. The van der Waals surface area contributed by atoms with Crippen molar-refractivity contribution in [2.45, 2.75) is 0 Å². The maximum absolute atomic E-state index is 12.4. The van der Waals surface area contributed by atoms with E-state index in [0.29, 0.717) is 22.6 Å². The van der Waals surface area contributed by atoms with Gasteiger partial charge in [-0.1, -0.05) is 18.2 Å². The Labute approximate surface area is 156 Å². The molecule has 2 aromatic carbocycles. The molecule has 0 saturated carbocycles. The van der Waals surface area contributed by atoms with Crippen molar-refractivity contribution in [2.75, 3.05) is 19.9 Å². The van der Waals surface area contributed by atoms with Crippen LogP contribution in [0, 0.1) is 0 Å². The van der Waals surface area contributed by atoms with Gasteiger partial charge in [0.2, 0.25) is 0 Å². The van der Waals surface area contributed by atoms with Crippen LogP contribution in [-0.4, -0.2) is 20.1 Å². The van der Waals surface area contributed by atoms with E-state index in [4.69, 9.17) is 14.9 Å². The standard InChI is InChI=1S/C22H18N2O3/c1-24-14-8-10-18-20(12-14)27-19-11-13(23)7-9-17(19)21(18)15-5-3-4-6-16(15)22(25)26-2/h3-12H,23H2,1-2H3. The van der Waals surface area contributed by atoms with Crippen LogP contribution in [0.4, 0.5) is 5.69 Å². The summed E-state index contributed by atoms with van der Waals surface area (Å²) >= 11 is 0. The first-order valence-electron chi connectivity index (χ1n) is 8.49. The summed E-state index contributed by atoms with van der Waals surface area (Å²) in [4.78, 5) is 16.6. The van der Waals surface area contributed by atoms with Gasteiger partial charge in [0.25, 0.3) is 0 Å². The Balaban J connectivity index is 2.18. The number of carbonyl (C=O) groups is 1. The SMILES string of the molecule is CN=c1ccc2c(-c3ccccc3C(=O)OC)c3ccc(N)cc3oc-2c1. The zero-order chi connectivity index (χ0) is 19.0. The molecule has 27 heavy (non-hydrogen) atoms. The third-order valence-electron chi connectivity index (χ3n) is 4.59. The van der Waals surface area contributed by atoms with Crippen LogP contribution in [0.1, 0.15) is 10.4 Å². The molecule has 0 spiro atoms. The van der Waals surface area contributed by atoms with Gasteiger partial charge in [0.15, 0.2) is 0 Å². The molecule has 0 unspecified atom stereocenters. The highest BCUT2D eigenvalue weighted by atomic mass is 16.5. The number of ether oxygens (including phenoxy) is 1. The van der Waals surface area contributed by atoms with Crippen molar-refractivity contribution in [2.24, 2.45) is 4.99 Å². The second-order valence-electron chi connectivity index (χ2n) is 6.17. The molecule has 2 N–H and O–H groups in total. The molecule has 1 aliphatic carbocycles. The number of anilines is 1. The highest BCUT2D eigenvalue weighted by molar-refractivity contribution is 6.08. The molecule has 1 aliphatic heterocycles. The smallest absolute Gasteiger partial charge is 0.338 e. The molecule has 0 amide bonds. The molecule has 0 saturated heterocycles. The van der Waals surface area contributed by atoms with Crippen LogP contribution in [0.25, 0.3) is 33.4 Å². The van der Waals surface area contributed by atoms with E-state index in [1.54, 1.807) is 19.2 Å². The van der Waals surface area contributed by atoms with E-state index < -0.39 is 0 Å². The Morgan fingerprint density at radius 3 is 2.63 bits per heavy atom. The second-order valence-corrected chi connectivity index (χ2v) is 6.17. The fraction of sp³-hybridized carbons (Fsp3) is 0.0909. The number of esters is 1. The molecule has 5 nitrogen and oxygen atoms in total. The minimum absolute atomic E-state index is 0.386. The number of rotatable bonds is 2. The molecule has 0 atom stereocenters. The summed E-state index contributed by atoms with van der Waals surface area (Å²) in [5.41, 5.74) is 10.3. The van der Waals surface area contributed by atoms with Crippen LogP contribution in [0.2, 0.25) is 0 Å². The number of carbonyl (C=O) groups excluding carboxylic acids is 1. The van der Waals surface area contributed by atoms with Crippen LogP contribution in [0.3, 0.4) is 0 Å². The first-order valence-corrected chi connectivity index (χ1v) is 8.49. The van der Waals surface area contributed by atoms with Crippen LogP contribution in [0.15, 0.2) is 70.1 Å². The Kier molecular flexibility index (Phi) is 4.12. The van der Waals surface area contributed by atoms with Gasteiger partial charge in [0.05, 0.1) is 18.0 Å². The van der Waals surface area contributed by atoms with Crippen LogP contribution >= 0.6 is 0 Å². The molecule has 0 aromatic heterocycles. The Morgan fingerprint density at radius 1 is 1.04 bits per heavy atom. The van der Waals surface area contributed by atoms with Gasteiger partial charge in [-0.15, -0.1) is 0 Å². The van der Waals surface area contributed by atoms with Crippen molar-refractivity contribution < 1.29 is 13.9 Å². The van der Waals surface area contributed by atoms with Crippen LogP contribution in [-0.2, 0) is 4.74 Å². The number of hydrogen-bond donors (Lipinski definition) is 1. The largest absolute Gasteiger partial charge is 0.465 e. The normalized spacial score (nSPS) is 11.9. The summed E-state index contributed by atoms with van der Waals surface area (Å²) in [6, 6.07) is 18.7. The van der Waals surface area contributed by atoms with Crippen molar-refractivity contribution in [1.82, 2.24) is 0 Å². The third kappa shape index (κ3) is 2.83. The van der Waals surface area contributed by atoms with E-state index in [0.717, 1.165) is 27.4 Å². The van der Waals surface area contributed by atoms with Crippen molar-refractivity contribution >= 4 is 22.6 Å². The average molecular weight is 358 g/mol. The minimum Gasteiger partial charge on any atom is -0.465 e. The van der Waals surface area contributed by atoms with E-state index in [1.807, 2.05) is 48.5 Å². The van der Waals surface area contributed by atoms with Crippen LogP contribution < -0.4 is 11.1 Å². The van der Waals surface area contributed by atoms with Gasteiger partial charge < -0.3 is 14.9 Å². The van der Waals surface area contributed by atoms with Gasteiger partial charge >= 0.3 is 5.97 Å². The summed E-state index contributed by atoms with van der Waals surface area (Å²) in [6.07, 6.45) is 0. The summed E-state index contributed by atoms with van der Waals surface area (Å²) in [7, 11) is 3.11. The van der Waals surface area contributed by atoms with Crippen molar-refractivity contribution in [3.8, 4) is 22.5 Å². The van der Waals surface area contributed by atoms with Crippen molar-refractivity contribution in [1.29, 1.82) is 0 Å². The number of methoxy groups -OCH3 is 1. The zero-order valence-corrected chi connectivity index (χ0v) is 15.0.